The van der Waals surface area contributed by atoms with Crippen LogP contribution in [0, 0.1) is 6.92 Å². The normalized spacial score (nSPS) is 10.7. The molecule has 0 unspecified atom stereocenters. The molecule has 146 valence electrons. The zero-order valence-corrected chi connectivity index (χ0v) is 18.0. The number of esters is 1. The van der Waals surface area contributed by atoms with E-state index in [1.807, 2.05) is 56.3 Å². The zero-order chi connectivity index (χ0) is 20.1. The lowest BCUT2D eigenvalue weighted by Gasteiger charge is -2.13. The highest BCUT2D eigenvalue weighted by atomic mass is 79.9. The van der Waals surface area contributed by atoms with Crippen molar-refractivity contribution < 1.29 is 14.3 Å². The van der Waals surface area contributed by atoms with Crippen LogP contribution in [0.25, 0.3) is 11.3 Å². The fourth-order valence-corrected chi connectivity index (χ4v) is 3.51. The molecule has 0 atom stereocenters. The number of carbonyl (C=O) groups excluding carboxylic acids is 1. The van der Waals surface area contributed by atoms with Crippen LogP contribution in [0.2, 0.25) is 0 Å². The van der Waals surface area contributed by atoms with Gasteiger partial charge in [0.1, 0.15) is 5.75 Å². The van der Waals surface area contributed by atoms with Gasteiger partial charge in [0.05, 0.1) is 19.3 Å². The quantitative estimate of drug-likeness (QED) is 0.444. The standard InChI is InChI=1S/C23H24BrNO3/c1-4-28-23(26)21-15-22(18-7-11-20(27-3)12-8-18)25(16(21)2)14-13-17-5-9-19(24)10-6-17/h5-12,15H,4,13-14H2,1-3H3. The summed E-state index contributed by atoms with van der Waals surface area (Å²) >= 11 is 3.47. The van der Waals surface area contributed by atoms with Gasteiger partial charge in [-0.2, -0.15) is 0 Å². The Morgan fingerprint density at radius 1 is 1.07 bits per heavy atom. The maximum atomic E-state index is 12.4. The van der Waals surface area contributed by atoms with Gasteiger partial charge in [0.25, 0.3) is 0 Å². The first-order valence-electron chi connectivity index (χ1n) is 9.29. The second kappa shape index (κ2) is 9.11. The van der Waals surface area contributed by atoms with Crippen molar-refractivity contribution in [3.05, 3.63) is 75.9 Å². The lowest BCUT2D eigenvalue weighted by Crippen LogP contribution is -2.09. The van der Waals surface area contributed by atoms with E-state index in [9.17, 15) is 4.79 Å². The van der Waals surface area contributed by atoms with Crippen LogP contribution in [0.1, 0.15) is 28.5 Å². The predicted molar refractivity (Wildman–Crippen MR) is 115 cm³/mol. The molecule has 0 radical (unpaired) electrons. The van der Waals surface area contributed by atoms with E-state index < -0.39 is 0 Å². The number of aromatic nitrogens is 1. The molecule has 4 nitrogen and oxygen atoms in total. The highest BCUT2D eigenvalue weighted by Gasteiger charge is 2.19. The maximum Gasteiger partial charge on any atom is 0.339 e. The number of halogens is 1. The number of nitrogens with zero attached hydrogens (tertiary/aromatic N) is 1. The highest BCUT2D eigenvalue weighted by Crippen LogP contribution is 2.28. The molecule has 5 heteroatoms. The van der Waals surface area contributed by atoms with Crippen molar-refractivity contribution in [1.29, 1.82) is 0 Å². The lowest BCUT2D eigenvalue weighted by molar-refractivity contribution is 0.0525. The Balaban J connectivity index is 1.96. The number of methoxy groups -OCH3 is 1. The summed E-state index contributed by atoms with van der Waals surface area (Å²) in [4.78, 5) is 12.4. The Kier molecular flexibility index (Phi) is 6.57. The summed E-state index contributed by atoms with van der Waals surface area (Å²) < 4.78 is 13.8. The van der Waals surface area contributed by atoms with Crippen molar-refractivity contribution in [2.75, 3.05) is 13.7 Å². The maximum absolute atomic E-state index is 12.4. The van der Waals surface area contributed by atoms with E-state index in [4.69, 9.17) is 9.47 Å². The average Bonchev–Trinajstić information content (AvgIpc) is 3.04. The number of benzene rings is 2. The van der Waals surface area contributed by atoms with Crippen LogP contribution < -0.4 is 4.74 Å². The molecule has 0 aliphatic rings. The lowest BCUT2D eigenvalue weighted by atomic mass is 10.1. The number of carbonyl (C=O) groups is 1. The van der Waals surface area contributed by atoms with Gasteiger partial charge in [-0.1, -0.05) is 28.1 Å². The monoisotopic (exact) mass is 441 g/mol. The van der Waals surface area contributed by atoms with Crippen molar-refractivity contribution in [3.63, 3.8) is 0 Å². The molecule has 3 rings (SSSR count). The summed E-state index contributed by atoms with van der Waals surface area (Å²) in [5, 5.41) is 0. The first-order chi connectivity index (χ1) is 13.5. The molecule has 3 aromatic rings. The first-order valence-corrected chi connectivity index (χ1v) is 10.1. The molecule has 0 saturated carbocycles. The Morgan fingerprint density at radius 2 is 1.75 bits per heavy atom. The molecular formula is C23H24BrNO3. The van der Waals surface area contributed by atoms with Crippen molar-refractivity contribution >= 4 is 21.9 Å². The molecule has 28 heavy (non-hydrogen) atoms. The van der Waals surface area contributed by atoms with Crippen molar-refractivity contribution in [3.8, 4) is 17.0 Å². The van der Waals surface area contributed by atoms with Crippen molar-refractivity contribution in [1.82, 2.24) is 4.57 Å². The molecular weight excluding hydrogens is 418 g/mol. The van der Waals surface area contributed by atoms with Crippen LogP contribution in [0.15, 0.2) is 59.1 Å². The minimum atomic E-state index is -0.280. The largest absolute Gasteiger partial charge is 0.497 e. The summed E-state index contributed by atoms with van der Waals surface area (Å²) in [5.74, 6) is 0.524. The number of aryl methyl sites for hydroxylation is 1. The van der Waals surface area contributed by atoms with Gasteiger partial charge in [0.2, 0.25) is 0 Å². The van der Waals surface area contributed by atoms with Crippen molar-refractivity contribution in [2.24, 2.45) is 0 Å². The van der Waals surface area contributed by atoms with Crippen molar-refractivity contribution in [2.45, 2.75) is 26.8 Å². The van der Waals surface area contributed by atoms with E-state index in [0.717, 1.165) is 40.1 Å². The summed E-state index contributed by atoms with van der Waals surface area (Å²) in [5.41, 5.74) is 4.81. The molecule has 0 bridgehead atoms. The van der Waals surface area contributed by atoms with Crippen LogP contribution in [-0.2, 0) is 17.7 Å². The molecule has 2 aromatic carbocycles. The number of hydrogen-bond acceptors (Lipinski definition) is 3. The minimum Gasteiger partial charge on any atom is -0.497 e. The molecule has 0 aliphatic heterocycles. The third-order valence-corrected chi connectivity index (χ3v) is 5.31. The van der Waals surface area contributed by atoms with Crippen LogP contribution >= 0.6 is 15.9 Å². The first kappa shape index (κ1) is 20.2. The van der Waals surface area contributed by atoms with Gasteiger partial charge in [-0.25, -0.2) is 4.79 Å². The average molecular weight is 442 g/mol. The van der Waals surface area contributed by atoms with E-state index in [0.29, 0.717) is 12.2 Å². The van der Waals surface area contributed by atoms with E-state index >= 15 is 0 Å². The third kappa shape index (κ3) is 4.47. The highest BCUT2D eigenvalue weighted by molar-refractivity contribution is 9.10. The number of rotatable bonds is 7. The summed E-state index contributed by atoms with van der Waals surface area (Å²) in [6, 6.07) is 18.1. The smallest absolute Gasteiger partial charge is 0.339 e. The molecule has 1 aromatic heterocycles. The van der Waals surface area contributed by atoms with Gasteiger partial charge in [0, 0.05) is 22.4 Å². The molecule has 0 aliphatic carbocycles. The van der Waals surface area contributed by atoms with Gasteiger partial charge < -0.3 is 14.0 Å². The fraction of sp³-hybridized carbons (Fsp3) is 0.261. The SMILES string of the molecule is CCOC(=O)c1cc(-c2ccc(OC)cc2)n(CCc2ccc(Br)cc2)c1C. The third-order valence-electron chi connectivity index (χ3n) is 4.78. The van der Waals surface area contributed by atoms with Gasteiger partial charge >= 0.3 is 5.97 Å². The van der Waals surface area contributed by atoms with Crippen LogP contribution in [-0.4, -0.2) is 24.3 Å². The zero-order valence-electron chi connectivity index (χ0n) is 16.4. The summed E-state index contributed by atoms with van der Waals surface area (Å²) in [7, 11) is 1.65. The second-order valence-electron chi connectivity index (χ2n) is 6.51. The Morgan fingerprint density at radius 3 is 2.36 bits per heavy atom. The molecule has 0 fully saturated rings. The van der Waals surface area contributed by atoms with Crippen LogP contribution in [0.3, 0.4) is 0 Å². The fourth-order valence-electron chi connectivity index (χ4n) is 3.24. The van der Waals surface area contributed by atoms with E-state index in [1.165, 1.54) is 5.56 Å². The molecule has 0 N–H and O–H groups in total. The van der Waals surface area contributed by atoms with E-state index in [2.05, 4.69) is 32.6 Å². The summed E-state index contributed by atoms with van der Waals surface area (Å²) in [6.45, 7) is 4.93. The second-order valence-corrected chi connectivity index (χ2v) is 7.42. The van der Waals surface area contributed by atoms with Crippen LogP contribution in [0.4, 0.5) is 0 Å². The van der Waals surface area contributed by atoms with E-state index in [-0.39, 0.29) is 5.97 Å². The molecule has 0 amide bonds. The van der Waals surface area contributed by atoms with Gasteiger partial charge in [0.15, 0.2) is 0 Å². The van der Waals surface area contributed by atoms with Gasteiger partial charge in [-0.05, 0) is 73.9 Å². The molecule has 0 saturated heterocycles. The Bertz CT molecular complexity index is 943. The van der Waals surface area contributed by atoms with E-state index in [1.54, 1.807) is 7.11 Å². The number of ether oxygens (including phenoxy) is 2. The summed E-state index contributed by atoms with van der Waals surface area (Å²) in [6.07, 6.45) is 0.869. The van der Waals surface area contributed by atoms with Gasteiger partial charge in [-0.3, -0.25) is 0 Å². The Labute approximate surface area is 174 Å². The molecule has 1 heterocycles. The predicted octanol–water partition coefficient (Wildman–Crippen LogP) is 5.65. The topological polar surface area (TPSA) is 40.5 Å². The minimum absolute atomic E-state index is 0.280. The van der Waals surface area contributed by atoms with Crippen LogP contribution in [0.5, 0.6) is 5.75 Å². The Hall–Kier alpha value is -2.53. The van der Waals surface area contributed by atoms with Gasteiger partial charge in [-0.15, -0.1) is 0 Å². The number of hydrogen-bond donors (Lipinski definition) is 0. The molecule has 0 spiro atoms.